The Morgan fingerprint density at radius 2 is 2.06 bits per heavy atom. The number of methoxy groups -OCH3 is 1. The summed E-state index contributed by atoms with van der Waals surface area (Å²) in [5.74, 6) is -1.27. The molecule has 0 aliphatic rings. The van der Waals surface area contributed by atoms with Gasteiger partial charge in [0.25, 0.3) is 0 Å². The first-order valence-electron chi connectivity index (χ1n) is 3.98. The van der Waals surface area contributed by atoms with Gasteiger partial charge in [-0.3, -0.25) is 14.6 Å². The molecule has 0 rings (SSSR count). The van der Waals surface area contributed by atoms with Gasteiger partial charge in [-0.1, -0.05) is 0 Å². The summed E-state index contributed by atoms with van der Waals surface area (Å²) in [5, 5.41) is 9.56. The van der Waals surface area contributed by atoms with Gasteiger partial charge >= 0.3 is 12.1 Å². The normalized spacial score (nSPS) is 15.1. The number of alkyl halides is 3. The van der Waals surface area contributed by atoms with Gasteiger partial charge in [0.15, 0.2) is 0 Å². The van der Waals surface area contributed by atoms with E-state index in [4.69, 9.17) is 0 Å². The minimum atomic E-state index is -5.14. The molecule has 94 valence electrons. The first-order chi connectivity index (χ1) is 7.16. The summed E-state index contributed by atoms with van der Waals surface area (Å²) >= 11 is 0. The number of carbonyl (C=O) groups is 2. The van der Waals surface area contributed by atoms with E-state index in [2.05, 4.69) is 4.74 Å². The van der Waals surface area contributed by atoms with Crippen LogP contribution in [0.1, 0.15) is 6.42 Å². The number of hydrogen-bond acceptors (Lipinski definition) is 5. The van der Waals surface area contributed by atoms with Crippen molar-refractivity contribution in [3.8, 4) is 0 Å². The smallest absolute Gasteiger partial charge is 0.433 e. The zero-order chi connectivity index (χ0) is 13.0. The zero-order valence-electron chi connectivity index (χ0n) is 8.54. The standard InChI is InChI=1S/C7H11F3N2O4/c1-12(4-13)11-6(15,7(8,9)10)3-5(14)16-2/h4,11,15H,3H2,1-2H3. The maximum atomic E-state index is 12.4. The first-order valence-corrected chi connectivity index (χ1v) is 3.98. The number of nitrogens with one attached hydrogen (secondary N) is 1. The van der Waals surface area contributed by atoms with Gasteiger partial charge in [0, 0.05) is 7.05 Å². The quantitative estimate of drug-likeness (QED) is 0.292. The predicted molar refractivity (Wildman–Crippen MR) is 44.6 cm³/mol. The number of hydrazine groups is 1. The van der Waals surface area contributed by atoms with Gasteiger partial charge < -0.3 is 9.84 Å². The molecule has 2 N–H and O–H groups in total. The van der Waals surface area contributed by atoms with Crippen molar-refractivity contribution in [2.24, 2.45) is 0 Å². The fraction of sp³-hybridized carbons (Fsp3) is 0.714. The highest BCUT2D eigenvalue weighted by atomic mass is 19.4. The summed E-state index contributed by atoms with van der Waals surface area (Å²) in [4.78, 5) is 20.8. The number of hydrogen-bond donors (Lipinski definition) is 2. The molecule has 1 atom stereocenters. The SMILES string of the molecule is COC(=O)CC(O)(NN(C)C=O)C(F)(F)F. The number of ether oxygens (including phenoxy) is 1. The molecule has 0 saturated heterocycles. The summed E-state index contributed by atoms with van der Waals surface area (Å²) in [5.41, 5.74) is -2.10. The highest BCUT2D eigenvalue weighted by Crippen LogP contribution is 2.31. The lowest BCUT2D eigenvalue weighted by molar-refractivity contribution is -0.287. The lowest BCUT2D eigenvalue weighted by Crippen LogP contribution is -2.62. The molecule has 0 saturated carbocycles. The molecule has 0 aliphatic heterocycles. The van der Waals surface area contributed by atoms with Crippen LogP contribution in [0.2, 0.25) is 0 Å². The van der Waals surface area contributed by atoms with Crippen molar-refractivity contribution in [2.75, 3.05) is 14.2 Å². The van der Waals surface area contributed by atoms with Crippen LogP contribution in [0.5, 0.6) is 0 Å². The van der Waals surface area contributed by atoms with Crippen LogP contribution in [0.15, 0.2) is 0 Å². The Balaban J connectivity index is 4.89. The predicted octanol–water partition coefficient (Wildman–Crippen LogP) is -0.607. The monoisotopic (exact) mass is 244 g/mol. The van der Waals surface area contributed by atoms with Gasteiger partial charge in [-0.2, -0.15) is 18.6 Å². The molecule has 0 radical (unpaired) electrons. The summed E-state index contributed by atoms with van der Waals surface area (Å²) < 4.78 is 41.3. The van der Waals surface area contributed by atoms with Crippen molar-refractivity contribution in [3.05, 3.63) is 0 Å². The maximum Gasteiger partial charge on any atom is 0.433 e. The molecule has 0 spiro atoms. The molecule has 0 aliphatic carbocycles. The summed E-state index contributed by atoms with van der Waals surface area (Å²) in [6, 6.07) is 0. The van der Waals surface area contributed by atoms with E-state index < -0.39 is 24.3 Å². The Kier molecular flexibility index (Phi) is 4.69. The summed E-state index contributed by atoms with van der Waals surface area (Å²) in [7, 11) is 1.82. The van der Waals surface area contributed by atoms with Gasteiger partial charge in [0.2, 0.25) is 12.1 Å². The second kappa shape index (κ2) is 5.12. The second-order valence-electron chi connectivity index (χ2n) is 2.94. The molecule has 0 aromatic rings. The number of halogens is 3. The van der Waals surface area contributed by atoms with Crippen molar-refractivity contribution >= 4 is 12.4 Å². The topological polar surface area (TPSA) is 78.9 Å². The van der Waals surface area contributed by atoms with Gasteiger partial charge in [-0.25, -0.2) is 0 Å². The Morgan fingerprint density at radius 3 is 2.38 bits per heavy atom. The van der Waals surface area contributed by atoms with Crippen LogP contribution in [0.3, 0.4) is 0 Å². The summed E-state index contributed by atoms with van der Waals surface area (Å²) in [6.45, 7) is 0. The third kappa shape index (κ3) is 3.66. The minimum absolute atomic E-state index is 0.00793. The Labute approximate surface area is 88.9 Å². The van der Waals surface area contributed by atoms with E-state index in [9.17, 15) is 27.9 Å². The van der Waals surface area contributed by atoms with Crippen LogP contribution in [-0.2, 0) is 14.3 Å². The lowest BCUT2D eigenvalue weighted by atomic mass is 10.1. The number of esters is 1. The molecule has 16 heavy (non-hydrogen) atoms. The van der Waals surface area contributed by atoms with E-state index in [1.165, 1.54) is 5.43 Å². The molecule has 6 nitrogen and oxygen atoms in total. The van der Waals surface area contributed by atoms with Crippen LogP contribution < -0.4 is 5.43 Å². The average molecular weight is 244 g/mol. The molecule has 9 heteroatoms. The molecule has 1 unspecified atom stereocenters. The van der Waals surface area contributed by atoms with Crippen LogP contribution in [0, 0.1) is 0 Å². The average Bonchev–Trinajstić information content (AvgIpc) is 2.15. The number of rotatable bonds is 5. The molecular weight excluding hydrogens is 233 g/mol. The maximum absolute atomic E-state index is 12.4. The largest absolute Gasteiger partial charge is 0.469 e. The van der Waals surface area contributed by atoms with Gasteiger partial charge in [0.05, 0.1) is 13.5 Å². The first kappa shape index (κ1) is 14.6. The molecule has 0 bridgehead atoms. The van der Waals surface area contributed by atoms with E-state index >= 15 is 0 Å². The van der Waals surface area contributed by atoms with Gasteiger partial charge in [0.1, 0.15) is 0 Å². The molecule has 0 aromatic carbocycles. The van der Waals surface area contributed by atoms with E-state index in [-0.39, 0.29) is 6.41 Å². The Morgan fingerprint density at radius 1 is 1.56 bits per heavy atom. The molecule has 1 amide bonds. The van der Waals surface area contributed by atoms with Crippen LogP contribution in [0.4, 0.5) is 13.2 Å². The fourth-order valence-electron chi connectivity index (χ4n) is 0.802. The zero-order valence-corrected chi connectivity index (χ0v) is 8.54. The molecule has 0 aromatic heterocycles. The summed E-state index contributed by atoms with van der Waals surface area (Å²) in [6.07, 6.45) is -6.50. The van der Waals surface area contributed by atoms with Crippen LogP contribution in [0.25, 0.3) is 0 Å². The number of nitrogens with zero attached hydrogens (tertiary/aromatic N) is 1. The van der Waals surface area contributed by atoms with E-state index in [0.717, 1.165) is 14.2 Å². The highest BCUT2D eigenvalue weighted by molar-refractivity contribution is 5.70. The van der Waals surface area contributed by atoms with Crippen molar-refractivity contribution in [2.45, 2.75) is 18.3 Å². The van der Waals surface area contributed by atoms with Crippen molar-refractivity contribution < 1.29 is 32.6 Å². The van der Waals surface area contributed by atoms with Gasteiger partial charge in [-0.15, -0.1) is 0 Å². The second-order valence-corrected chi connectivity index (χ2v) is 2.94. The van der Waals surface area contributed by atoms with Crippen molar-refractivity contribution in [1.82, 2.24) is 10.4 Å². The molecule has 0 heterocycles. The van der Waals surface area contributed by atoms with E-state index in [0.29, 0.717) is 5.01 Å². The minimum Gasteiger partial charge on any atom is -0.469 e. The Hall–Kier alpha value is -1.35. The van der Waals surface area contributed by atoms with Gasteiger partial charge in [-0.05, 0) is 0 Å². The Bertz CT molecular complexity index is 271. The lowest BCUT2D eigenvalue weighted by Gasteiger charge is -2.32. The highest BCUT2D eigenvalue weighted by Gasteiger charge is 2.56. The molecular formula is C7H11F3N2O4. The van der Waals surface area contributed by atoms with Crippen LogP contribution >= 0.6 is 0 Å². The fourth-order valence-corrected chi connectivity index (χ4v) is 0.802. The van der Waals surface area contributed by atoms with Crippen molar-refractivity contribution in [1.29, 1.82) is 0 Å². The number of amides is 1. The third-order valence-electron chi connectivity index (χ3n) is 1.62. The van der Waals surface area contributed by atoms with E-state index in [1.54, 1.807) is 0 Å². The van der Waals surface area contributed by atoms with Crippen molar-refractivity contribution in [3.63, 3.8) is 0 Å². The van der Waals surface area contributed by atoms with E-state index in [1.807, 2.05) is 0 Å². The molecule has 0 fully saturated rings. The third-order valence-corrected chi connectivity index (χ3v) is 1.62. The number of carbonyl (C=O) groups excluding carboxylic acids is 2. The van der Waals surface area contributed by atoms with Crippen LogP contribution in [-0.4, -0.2) is 48.6 Å². The number of aliphatic hydroxyl groups is 1.